The number of amides is 1. The lowest BCUT2D eigenvalue weighted by atomic mass is 9.48. The lowest BCUT2D eigenvalue weighted by Crippen LogP contribution is -2.55. The van der Waals surface area contributed by atoms with Gasteiger partial charge in [-0.15, -0.1) is 11.3 Å². The number of hydrogen-bond donors (Lipinski definition) is 2. The summed E-state index contributed by atoms with van der Waals surface area (Å²) in [6.45, 7) is 2.21. The van der Waals surface area contributed by atoms with Gasteiger partial charge in [0.25, 0.3) is 5.91 Å². The highest BCUT2D eigenvalue weighted by atomic mass is 32.1. The molecule has 4 aliphatic carbocycles. The number of nitrogens with two attached hydrogens (primary N) is 1. The molecule has 0 spiro atoms. The molecule has 31 heavy (non-hydrogen) atoms. The summed E-state index contributed by atoms with van der Waals surface area (Å²) in [6.07, 6.45) is 9.81. The van der Waals surface area contributed by atoms with E-state index in [9.17, 15) is 4.79 Å². The number of carbonyl (C=O) groups is 1. The number of nitrogens with one attached hydrogen (secondary N) is 1. The molecule has 4 fully saturated rings. The van der Waals surface area contributed by atoms with Crippen LogP contribution in [0.3, 0.4) is 0 Å². The first-order valence-corrected chi connectivity index (χ1v) is 12.2. The maximum absolute atomic E-state index is 13.3. The van der Waals surface area contributed by atoms with Crippen molar-refractivity contribution in [2.75, 3.05) is 5.73 Å². The molecule has 0 aliphatic heterocycles. The van der Waals surface area contributed by atoms with Crippen molar-refractivity contribution in [2.24, 2.45) is 23.2 Å². The third kappa shape index (κ3) is 3.15. The van der Waals surface area contributed by atoms with E-state index in [1.807, 2.05) is 30.3 Å². The summed E-state index contributed by atoms with van der Waals surface area (Å²) in [5.41, 5.74) is 8.83. The van der Waals surface area contributed by atoms with E-state index in [1.54, 1.807) is 6.20 Å². The van der Waals surface area contributed by atoms with Gasteiger partial charge in [-0.25, -0.2) is 4.98 Å². The largest absolute Gasteiger partial charge is 0.397 e. The molecule has 0 saturated heterocycles. The molecule has 3 N–H and O–H groups in total. The van der Waals surface area contributed by atoms with Gasteiger partial charge in [0, 0.05) is 17.6 Å². The number of rotatable bonds is 4. The Labute approximate surface area is 186 Å². The molecule has 0 radical (unpaired) electrons. The molecule has 1 unspecified atom stereocenters. The van der Waals surface area contributed by atoms with Crippen molar-refractivity contribution >= 4 is 33.1 Å². The Hall–Kier alpha value is -2.47. The Morgan fingerprint density at radius 1 is 1.10 bits per heavy atom. The van der Waals surface area contributed by atoms with Gasteiger partial charge in [-0.2, -0.15) is 0 Å². The predicted molar refractivity (Wildman–Crippen MR) is 125 cm³/mol. The number of fused-ring (bicyclic) bond motifs is 1. The molecule has 160 valence electrons. The molecule has 1 atom stereocenters. The average molecular weight is 433 g/mol. The van der Waals surface area contributed by atoms with Crippen molar-refractivity contribution in [3.05, 3.63) is 41.4 Å². The number of nitrogen functional groups attached to an aromatic ring is 1. The number of carbonyl (C=O) groups excluding carboxylic acids is 1. The van der Waals surface area contributed by atoms with Crippen molar-refractivity contribution in [1.82, 2.24) is 15.3 Å². The van der Waals surface area contributed by atoms with E-state index in [1.165, 1.54) is 49.9 Å². The number of hydrogen-bond acceptors (Lipinski definition) is 5. The van der Waals surface area contributed by atoms with Crippen LogP contribution in [-0.2, 0) is 0 Å². The lowest BCUT2D eigenvalue weighted by Gasteiger charge is -2.59. The maximum atomic E-state index is 13.3. The smallest absolute Gasteiger partial charge is 0.263 e. The highest BCUT2D eigenvalue weighted by molar-refractivity contribution is 7.21. The molecule has 6 heteroatoms. The zero-order valence-electron chi connectivity index (χ0n) is 17.8. The molecular formula is C25H28N4OS. The Bertz CT molecular complexity index is 1120. The van der Waals surface area contributed by atoms with E-state index >= 15 is 0 Å². The number of aromatic nitrogens is 2. The van der Waals surface area contributed by atoms with Crippen molar-refractivity contribution in [3.8, 4) is 11.4 Å². The van der Waals surface area contributed by atoms with Gasteiger partial charge >= 0.3 is 0 Å². The third-order valence-electron chi connectivity index (χ3n) is 8.08. The average Bonchev–Trinajstić information content (AvgIpc) is 3.09. The maximum Gasteiger partial charge on any atom is 0.263 e. The molecule has 3 heterocycles. The van der Waals surface area contributed by atoms with E-state index < -0.39 is 0 Å². The van der Waals surface area contributed by atoms with Gasteiger partial charge < -0.3 is 11.1 Å². The fourth-order valence-corrected chi connectivity index (χ4v) is 7.94. The van der Waals surface area contributed by atoms with Gasteiger partial charge in [-0.1, -0.05) is 6.07 Å². The van der Waals surface area contributed by atoms with E-state index in [0.717, 1.165) is 39.4 Å². The molecule has 3 aromatic heterocycles. The second-order valence-electron chi connectivity index (χ2n) is 10.1. The van der Waals surface area contributed by atoms with Crippen LogP contribution >= 0.6 is 11.3 Å². The number of nitrogens with zero attached hydrogens (tertiary/aromatic N) is 2. The molecule has 1 amide bonds. The Balaban J connectivity index is 1.26. The van der Waals surface area contributed by atoms with Crippen molar-refractivity contribution < 1.29 is 4.79 Å². The molecule has 4 bridgehead atoms. The van der Waals surface area contributed by atoms with Crippen molar-refractivity contribution in [1.29, 1.82) is 0 Å². The van der Waals surface area contributed by atoms with E-state index in [0.29, 0.717) is 10.6 Å². The summed E-state index contributed by atoms with van der Waals surface area (Å²) in [5.74, 6) is 2.56. The Kier molecular flexibility index (Phi) is 4.36. The van der Waals surface area contributed by atoms with Gasteiger partial charge in [0.05, 0.1) is 17.1 Å². The summed E-state index contributed by atoms with van der Waals surface area (Å²) >= 11 is 1.38. The van der Waals surface area contributed by atoms with Crippen molar-refractivity contribution in [2.45, 2.75) is 51.5 Å². The summed E-state index contributed by atoms with van der Waals surface area (Å²) < 4.78 is 0. The molecule has 0 aromatic carbocycles. The van der Waals surface area contributed by atoms with E-state index in [2.05, 4.69) is 17.2 Å². The molecule has 7 rings (SSSR count). The van der Waals surface area contributed by atoms with Crippen LogP contribution in [0.25, 0.3) is 21.6 Å². The lowest BCUT2D eigenvalue weighted by molar-refractivity contribution is -0.0687. The Morgan fingerprint density at radius 3 is 2.45 bits per heavy atom. The highest BCUT2D eigenvalue weighted by Gasteiger charge is 2.53. The second-order valence-corrected chi connectivity index (χ2v) is 11.1. The van der Waals surface area contributed by atoms with Gasteiger partial charge in [0.2, 0.25) is 0 Å². The van der Waals surface area contributed by atoms with Gasteiger partial charge in [0.1, 0.15) is 9.71 Å². The van der Waals surface area contributed by atoms with Crippen LogP contribution in [0.2, 0.25) is 0 Å². The van der Waals surface area contributed by atoms with Gasteiger partial charge in [0.15, 0.2) is 0 Å². The van der Waals surface area contributed by atoms with Crippen LogP contribution in [0.4, 0.5) is 5.69 Å². The molecular weight excluding hydrogens is 404 g/mol. The summed E-state index contributed by atoms with van der Waals surface area (Å²) in [7, 11) is 0. The first-order chi connectivity index (χ1) is 15.0. The summed E-state index contributed by atoms with van der Waals surface area (Å²) in [4.78, 5) is 23.8. The molecule has 5 nitrogen and oxygen atoms in total. The van der Waals surface area contributed by atoms with E-state index in [-0.39, 0.29) is 17.4 Å². The first-order valence-electron chi connectivity index (χ1n) is 11.4. The minimum Gasteiger partial charge on any atom is -0.397 e. The minimum atomic E-state index is -0.0527. The zero-order valence-corrected chi connectivity index (χ0v) is 18.6. The monoisotopic (exact) mass is 432 g/mol. The second kappa shape index (κ2) is 7.02. The van der Waals surface area contributed by atoms with Crippen LogP contribution in [0.5, 0.6) is 0 Å². The number of pyridine rings is 2. The SMILES string of the molecule is CC(NC(=O)c1sc2nc(-c3ccccn3)ccc2c1N)C12CC3CC(CC(C3)C1)C2. The standard InChI is InChI=1S/C25H28N4OS/c1-14(25-11-15-8-16(12-25)10-17(9-15)13-25)28-23(30)22-21(26)18-5-6-20(29-24(18)31-22)19-4-2-3-7-27-19/h2-7,14-17H,8-13,26H2,1H3,(H,28,30). The fraction of sp³-hybridized carbons (Fsp3) is 0.480. The van der Waals surface area contributed by atoms with Crippen molar-refractivity contribution in [3.63, 3.8) is 0 Å². The summed E-state index contributed by atoms with van der Waals surface area (Å²) in [5, 5.41) is 4.20. The molecule has 4 saturated carbocycles. The first kappa shape index (κ1) is 19.2. The van der Waals surface area contributed by atoms with Crippen LogP contribution in [0.15, 0.2) is 36.5 Å². The number of thiophene rings is 1. The topological polar surface area (TPSA) is 80.9 Å². The van der Waals surface area contributed by atoms with Crippen LogP contribution < -0.4 is 11.1 Å². The summed E-state index contributed by atoms with van der Waals surface area (Å²) in [6, 6.07) is 9.83. The quantitative estimate of drug-likeness (QED) is 0.588. The van der Waals surface area contributed by atoms with E-state index in [4.69, 9.17) is 10.7 Å². The predicted octanol–water partition coefficient (Wildman–Crippen LogP) is 5.28. The minimum absolute atomic E-state index is 0.0527. The van der Waals surface area contributed by atoms with Gasteiger partial charge in [-0.05, 0) is 92.9 Å². The van der Waals surface area contributed by atoms with Gasteiger partial charge in [-0.3, -0.25) is 9.78 Å². The fourth-order valence-electron chi connectivity index (χ4n) is 6.95. The molecule has 4 aliphatic rings. The van der Waals surface area contributed by atoms with Crippen LogP contribution in [0, 0.1) is 23.2 Å². The normalized spacial score (nSPS) is 29.9. The highest BCUT2D eigenvalue weighted by Crippen LogP contribution is 2.61. The van der Waals surface area contributed by atoms with Crippen LogP contribution in [0.1, 0.15) is 55.1 Å². The third-order valence-corrected chi connectivity index (χ3v) is 9.19. The number of anilines is 1. The zero-order chi connectivity index (χ0) is 21.2. The Morgan fingerprint density at radius 2 is 1.81 bits per heavy atom. The molecule has 3 aromatic rings. The van der Waals surface area contributed by atoms with Crippen LogP contribution in [-0.4, -0.2) is 21.9 Å².